The van der Waals surface area contributed by atoms with Crippen LogP contribution in [0.5, 0.6) is 0 Å². The molecule has 3 nitrogen and oxygen atoms in total. The highest BCUT2D eigenvalue weighted by Gasteiger charge is 2.25. The molecule has 1 saturated heterocycles. The Morgan fingerprint density at radius 3 is 2.32 bits per heavy atom. The standard InChI is InChI=1S/C15H16ClN3/c16-12-3-1-2-11(8-12)15-9-14(18-19-15)10-4-6-13(17)7-5-10/h1-8,14-15,18-19H,9,17H2. The van der Waals surface area contributed by atoms with Gasteiger partial charge in [-0.25, -0.2) is 10.9 Å². The second-order valence-corrected chi connectivity index (χ2v) is 5.29. The van der Waals surface area contributed by atoms with Crippen LogP contribution in [0.3, 0.4) is 0 Å². The normalized spacial score (nSPS) is 22.6. The fourth-order valence-electron chi connectivity index (χ4n) is 2.45. The van der Waals surface area contributed by atoms with Crippen molar-refractivity contribution < 1.29 is 0 Å². The molecule has 0 spiro atoms. The minimum absolute atomic E-state index is 0.279. The molecule has 19 heavy (non-hydrogen) atoms. The Hall–Kier alpha value is -1.55. The molecule has 0 bridgehead atoms. The molecule has 4 N–H and O–H groups in total. The monoisotopic (exact) mass is 273 g/mol. The van der Waals surface area contributed by atoms with Crippen molar-refractivity contribution in [3.63, 3.8) is 0 Å². The van der Waals surface area contributed by atoms with E-state index in [9.17, 15) is 0 Å². The Morgan fingerprint density at radius 2 is 1.63 bits per heavy atom. The van der Waals surface area contributed by atoms with Crippen molar-refractivity contribution in [1.82, 2.24) is 10.9 Å². The second-order valence-electron chi connectivity index (χ2n) is 4.85. The van der Waals surface area contributed by atoms with Crippen LogP contribution in [0.15, 0.2) is 48.5 Å². The summed E-state index contributed by atoms with van der Waals surface area (Å²) in [5, 5.41) is 0.773. The third-order valence-corrected chi connectivity index (χ3v) is 3.73. The third kappa shape index (κ3) is 2.73. The molecule has 0 saturated carbocycles. The van der Waals surface area contributed by atoms with Crippen molar-refractivity contribution in [2.75, 3.05) is 5.73 Å². The van der Waals surface area contributed by atoms with Crippen molar-refractivity contribution in [3.8, 4) is 0 Å². The topological polar surface area (TPSA) is 50.1 Å². The van der Waals surface area contributed by atoms with E-state index >= 15 is 0 Å². The first-order valence-electron chi connectivity index (χ1n) is 6.34. The maximum Gasteiger partial charge on any atom is 0.0481 e. The van der Waals surface area contributed by atoms with Crippen LogP contribution in [-0.4, -0.2) is 0 Å². The van der Waals surface area contributed by atoms with E-state index in [2.05, 4.69) is 29.1 Å². The number of halogens is 1. The van der Waals surface area contributed by atoms with Gasteiger partial charge < -0.3 is 5.73 Å². The van der Waals surface area contributed by atoms with Crippen LogP contribution in [-0.2, 0) is 0 Å². The SMILES string of the molecule is Nc1ccc(C2CC(c3cccc(Cl)c3)NN2)cc1. The molecule has 3 rings (SSSR count). The van der Waals surface area contributed by atoms with Crippen LogP contribution in [0.4, 0.5) is 5.69 Å². The van der Waals surface area contributed by atoms with Gasteiger partial charge in [-0.3, -0.25) is 0 Å². The molecule has 1 heterocycles. The molecule has 2 unspecified atom stereocenters. The molecule has 0 radical (unpaired) electrons. The maximum absolute atomic E-state index is 6.03. The molecule has 0 aromatic heterocycles. The number of anilines is 1. The highest BCUT2D eigenvalue weighted by atomic mass is 35.5. The lowest BCUT2D eigenvalue weighted by Gasteiger charge is -2.10. The first-order chi connectivity index (χ1) is 9.22. The minimum Gasteiger partial charge on any atom is -0.399 e. The lowest BCUT2D eigenvalue weighted by atomic mass is 9.98. The molecule has 0 amide bonds. The molecular formula is C15H16ClN3. The lowest BCUT2D eigenvalue weighted by Crippen LogP contribution is -2.26. The molecule has 2 atom stereocenters. The molecule has 0 aliphatic carbocycles. The summed E-state index contributed by atoms with van der Waals surface area (Å²) in [5.41, 5.74) is 15.6. The Morgan fingerprint density at radius 1 is 0.947 bits per heavy atom. The minimum atomic E-state index is 0.279. The van der Waals surface area contributed by atoms with E-state index in [-0.39, 0.29) is 6.04 Å². The first kappa shape index (κ1) is 12.5. The average molecular weight is 274 g/mol. The summed E-state index contributed by atoms with van der Waals surface area (Å²) < 4.78 is 0. The number of nitrogens with two attached hydrogens (primary N) is 1. The van der Waals surface area contributed by atoms with Gasteiger partial charge in [0.2, 0.25) is 0 Å². The molecule has 1 aliphatic heterocycles. The number of benzene rings is 2. The van der Waals surface area contributed by atoms with E-state index in [0.717, 1.165) is 17.1 Å². The van der Waals surface area contributed by atoms with Crippen LogP contribution in [0.2, 0.25) is 5.02 Å². The van der Waals surface area contributed by atoms with Gasteiger partial charge in [0.05, 0.1) is 0 Å². The zero-order chi connectivity index (χ0) is 13.2. The number of hydrazine groups is 1. The van der Waals surface area contributed by atoms with Crippen molar-refractivity contribution in [2.45, 2.75) is 18.5 Å². The van der Waals surface area contributed by atoms with E-state index in [1.165, 1.54) is 11.1 Å². The molecule has 98 valence electrons. The quantitative estimate of drug-likeness (QED) is 0.737. The van der Waals surface area contributed by atoms with Crippen molar-refractivity contribution in [3.05, 3.63) is 64.7 Å². The van der Waals surface area contributed by atoms with Crippen molar-refractivity contribution in [2.24, 2.45) is 0 Å². The Balaban J connectivity index is 1.75. The maximum atomic E-state index is 6.03. The van der Waals surface area contributed by atoms with E-state index < -0.39 is 0 Å². The van der Waals surface area contributed by atoms with Gasteiger partial charge in [0.1, 0.15) is 0 Å². The predicted octanol–water partition coefficient (Wildman–Crippen LogP) is 3.20. The molecule has 1 fully saturated rings. The molecular weight excluding hydrogens is 258 g/mol. The molecule has 4 heteroatoms. The Labute approximate surface area is 117 Å². The van der Waals surface area contributed by atoms with Gasteiger partial charge in [-0.05, 0) is 41.8 Å². The number of hydrogen-bond acceptors (Lipinski definition) is 3. The summed E-state index contributed by atoms with van der Waals surface area (Å²) in [4.78, 5) is 0. The summed E-state index contributed by atoms with van der Waals surface area (Å²) in [6, 6.07) is 16.5. The zero-order valence-corrected chi connectivity index (χ0v) is 11.2. The van der Waals surface area contributed by atoms with E-state index in [1.54, 1.807) is 0 Å². The summed E-state index contributed by atoms with van der Waals surface area (Å²) >= 11 is 6.03. The average Bonchev–Trinajstić information content (AvgIpc) is 2.89. The van der Waals surface area contributed by atoms with Gasteiger partial charge in [0, 0.05) is 22.8 Å². The van der Waals surface area contributed by atoms with Crippen LogP contribution >= 0.6 is 11.6 Å². The molecule has 2 aromatic carbocycles. The smallest absolute Gasteiger partial charge is 0.0481 e. The second kappa shape index (κ2) is 5.21. The molecule has 1 aliphatic rings. The Kier molecular flexibility index (Phi) is 3.42. The lowest BCUT2D eigenvalue weighted by molar-refractivity contribution is 0.555. The summed E-state index contributed by atoms with van der Waals surface area (Å²) in [5.74, 6) is 0. The third-order valence-electron chi connectivity index (χ3n) is 3.49. The van der Waals surface area contributed by atoms with Crippen molar-refractivity contribution in [1.29, 1.82) is 0 Å². The number of rotatable bonds is 2. The largest absolute Gasteiger partial charge is 0.399 e. The Bertz CT molecular complexity index is 568. The predicted molar refractivity (Wildman–Crippen MR) is 78.7 cm³/mol. The van der Waals surface area contributed by atoms with Gasteiger partial charge in [-0.1, -0.05) is 35.9 Å². The van der Waals surface area contributed by atoms with Gasteiger partial charge in [0.15, 0.2) is 0 Å². The van der Waals surface area contributed by atoms with Gasteiger partial charge >= 0.3 is 0 Å². The number of nitrogens with one attached hydrogen (secondary N) is 2. The zero-order valence-electron chi connectivity index (χ0n) is 10.4. The summed E-state index contributed by atoms with van der Waals surface area (Å²) in [6.45, 7) is 0. The van der Waals surface area contributed by atoms with Crippen LogP contribution in [0.25, 0.3) is 0 Å². The highest BCUT2D eigenvalue weighted by molar-refractivity contribution is 6.30. The van der Waals surface area contributed by atoms with Crippen LogP contribution in [0.1, 0.15) is 29.6 Å². The number of hydrogen-bond donors (Lipinski definition) is 3. The van der Waals surface area contributed by atoms with E-state index in [4.69, 9.17) is 17.3 Å². The van der Waals surface area contributed by atoms with Gasteiger partial charge in [-0.2, -0.15) is 0 Å². The first-order valence-corrected chi connectivity index (χ1v) is 6.72. The highest BCUT2D eigenvalue weighted by Crippen LogP contribution is 2.31. The van der Waals surface area contributed by atoms with Crippen LogP contribution in [0, 0.1) is 0 Å². The van der Waals surface area contributed by atoms with E-state index in [1.807, 2.05) is 30.3 Å². The van der Waals surface area contributed by atoms with E-state index in [0.29, 0.717) is 6.04 Å². The fraction of sp³-hybridized carbons (Fsp3) is 0.200. The molecule has 2 aromatic rings. The summed E-state index contributed by atoms with van der Waals surface area (Å²) in [7, 11) is 0. The van der Waals surface area contributed by atoms with Crippen LogP contribution < -0.4 is 16.6 Å². The fourth-order valence-corrected chi connectivity index (χ4v) is 2.64. The van der Waals surface area contributed by atoms with Gasteiger partial charge in [0.25, 0.3) is 0 Å². The number of nitrogen functional groups attached to an aromatic ring is 1. The summed E-state index contributed by atoms with van der Waals surface area (Å²) in [6.07, 6.45) is 0.990. The van der Waals surface area contributed by atoms with Gasteiger partial charge in [-0.15, -0.1) is 0 Å². The van der Waals surface area contributed by atoms with Crippen molar-refractivity contribution >= 4 is 17.3 Å².